The summed E-state index contributed by atoms with van der Waals surface area (Å²) in [4.78, 5) is 0. The molecule has 0 aromatic heterocycles. The van der Waals surface area contributed by atoms with Crippen LogP contribution < -0.4 is 10.6 Å². The summed E-state index contributed by atoms with van der Waals surface area (Å²) in [7, 11) is 0. The van der Waals surface area contributed by atoms with Crippen LogP contribution in [0, 0.1) is 35.5 Å². The van der Waals surface area contributed by atoms with Gasteiger partial charge in [-0.2, -0.15) is 0 Å². The van der Waals surface area contributed by atoms with E-state index in [2.05, 4.69) is 34.9 Å². The number of hydrogen-bond donors (Lipinski definition) is 2. The van der Waals surface area contributed by atoms with E-state index in [1.807, 2.05) is 0 Å². The van der Waals surface area contributed by atoms with Crippen LogP contribution in [0.3, 0.4) is 0 Å². The highest BCUT2D eigenvalue weighted by molar-refractivity contribution is 5.15. The lowest BCUT2D eigenvalue weighted by molar-refractivity contribution is 0.247. The summed E-state index contributed by atoms with van der Waals surface area (Å²) in [6.45, 7) is 2.39. The number of rotatable bonds is 0. The summed E-state index contributed by atoms with van der Waals surface area (Å²) in [5, 5.41) is 7.94. The van der Waals surface area contributed by atoms with E-state index in [0.29, 0.717) is 0 Å². The summed E-state index contributed by atoms with van der Waals surface area (Å²) in [6.07, 6.45) is 26.0. The molecular weight excluding hydrogens is 328 g/mol. The van der Waals surface area contributed by atoms with E-state index in [0.717, 1.165) is 47.6 Å². The third kappa shape index (κ3) is 3.81. The minimum atomic E-state index is 0.728. The predicted octanol–water partition coefficient (Wildman–Crippen LogP) is 5.07. The summed E-state index contributed by atoms with van der Waals surface area (Å²) in [6, 6.07) is 1.46. The number of fused-ring (bicyclic) bond motifs is 6. The van der Waals surface area contributed by atoms with Gasteiger partial charge >= 0.3 is 0 Å². The van der Waals surface area contributed by atoms with E-state index >= 15 is 0 Å². The van der Waals surface area contributed by atoms with Crippen LogP contribution in [0.1, 0.15) is 70.6 Å². The minimum absolute atomic E-state index is 0.728. The van der Waals surface area contributed by atoms with E-state index in [4.69, 9.17) is 0 Å². The standard InChI is InChI=1S/C25H40N2/c1-3-10-20-18(8-1)16-24-22(20)12-5-6-13-23-21-11-4-2-9-19(21)17-25(23)27-15-7-14-26-24/h5-6,12-13,18-27H,1-4,7-11,14-17H2/b12-5+,13-6+/t18-,19-,20+,21+,22-,23-,24+,25?/m1/s1. The molecule has 0 spiro atoms. The van der Waals surface area contributed by atoms with Crippen molar-refractivity contribution in [3.63, 3.8) is 0 Å². The maximum atomic E-state index is 3.97. The maximum Gasteiger partial charge on any atom is 0.0135 e. The molecule has 0 aromatic rings. The molecule has 0 radical (unpaired) electrons. The van der Waals surface area contributed by atoms with Crippen LogP contribution in [-0.2, 0) is 0 Å². The molecule has 1 unspecified atom stereocenters. The Kier molecular flexibility index (Phi) is 5.74. The molecule has 4 saturated carbocycles. The van der Waals surface area contributed by atoms with Gasteiger partial charge in [-0.1, -0.05) is 62.8 Å². The lowest BCUT2D eigenvalue weighted by Crippen LogP contribution is -2.37. The lowest BCUT2D eigenvalue weighted by Gasteiger charge is -2.28. The van der Waals surface area contributed by atoms with Crippen molar-refractivity contribution in [3.8, 4) is 0 Å². The van der Waals surface area contributed by atoms with Crippen LogP contribution in [0.2, 0.25) is 0 Å². The predicted molar refractivity (Wildman–Crippen MR) is 114 cm³/mol. The van der Waals surface area contributed by atoms with Gasteiger partial charge in [0.2, 0.25) is 0 Å². The topological polar surface area (TPSA) is 24.1 Å². The van der Waals surface area contributed by atoms with Crippen LogP contribution in [-0.4, -0.2) is 25.2 Å². The van der Waals surface area contributed by atoms with Crippen LogP contribution in [0.5, 0.6) is 0 Å². The Morgan fingerprint density at radius 3 is 1.56 bits per heavy atom. The fourth-order valence-corrected chi connectivity index (χ4v) is 7.68. The highest BCUT2D eigenvalue weighted by Gasteiger charge is 2.43. The Morgan fingerprint density at radius 2 is 1.04 bits per heavy atom. The fraction of sp³-hybridized carbons (Fsp3) is 0.840. The summed E-state index contributed by atoms with van der Waals surface area (Å²) < 4.78 is 0. The molecule has 4 fully saturated rings. The molecule has 27 heavy (non-hydrogen) atoms. The molecule has 0 amide bonds. The summed E-state index contributed by atoms with van der Waals surface area (Å²) in [5.41, 5.74) is 0. The molecule has 8 atom stereocenters. The second-order valence-corrected chi connectivity index (χ2v) is 10.3. The lowest BCUT2D eigenvalue weighted by atomic mass is 9.77. The van der Waals surface area contributed by atoms with E-state index in [9.17, 15) is 0 Å². The van der Waals surface area contributed by atoms with Gasteiger partial charge in [0.1, 0.15) is 0 Å². The van der Waals surface area contributed by atoms with Crippen LogP contribution in [0.15, 0.2) is 24.3 Å². The second kappa shape index (κ2) is 8.41. The Bertz CT molecular complexity index is 505. The molecule has 5 aliphatic rings. The van der Waals surface area contributed by atoms with Gasteiger partial charge in [-0.3, -0.25) is 0 Å². The van der Waals surface area contributed by atoms with Gasteiger partial charge in [-0.05, 0) is 80.7 Å². The van der Waals surface area contributed by atoms with E-state index in [1.165, 1.54) is 83.7 Å². The molecule has 0 aromatic carbocycles. The molecule has 2 N–H and O–H groups in total. The van der Waals surface area contributed by atoms with Crippen molar-refractivity contribution in [1.29, 1.82) is 0 Å². The van der Waals surface area contributed by atoms with Crippen molar-refractivity contribution in [2.24, 2.45) is 35.5 Å². The van der Waals surface area contributed by atoms with Gasteiger partial charge in [0.05, 0.1) is 0 Å². The van der Waals surface area contributed by atoms with Crippen molar-refractivity contribution in [3.05, 3.63) is 24.3 Å². The highest BCUT2D eigenvalue weighted by atomic mass is 15.0. The quantitative estimate of drug-likeness (QED) is 0.624. The Hall–Kier alpha value is -0.600. The van der Waals surface area contributed by atoms with Crippen molar-refractivity contribution >= 4 is 0 Å². The zero-order valence-electron chi connectivity index (χ0n) is 17.1. The zero-order valence-corrected chi connectivity index (χ0v) is 17.1. The Labute approximate surface area is 166 Å². The molecule has 1 heterocycles. The first-order valence-corrected chi connectivity index (χ1v) is 12.2. The third-order valence-electron chi connectivity index (χ3n) is 8.91. The van der Waals surface area contributed by atoms with E-state index in [1.54, 1.807) is 0 Å². The first-order valence-electron chi connectivity index (χ1n) is 12.2. The number of hydrogen-bond acceptors (Lipinski definition) is 2. The fourth-order valence-electron chi connectivity index (χ4n) is 7.68. The number of allylic oxidation sites excluding steroid dienone is 2. The van der Waals surface area contributed by atoms with Crippen molar-refractivity contribution in [1.82, 2.24) is 10.6 Å². The van der Waals surface area contributed by atoms with Gasteiger partial charge in [0.25, 0.3) is 0 Å². The Balaban J connectivity index is 1.33. The smallest absolute Gasteiger partial charge is 0.0135 e. The molecule has 0 bridgehead atoms. The van der Waals surface area contributed by atoms with Crippen LogP contribution in [0.25, 0.3) is 0 Å². The van der Waals surface area contributed by atoms with Gasteiger partial charge in [-0.15, -0.1) is 0 Å². The third-order valence-corrected chi connectivity index (χ3v) is 8.91. The zero-order chi connectivity index (χ0) is 18.1. The van der Waals surface area contributed by atoms with Crippen molar-refractivity contribution in [2.45, 2.75) is 82.7 Å². The summed E-state index contributed by atoms with van der Waals surface area (Å²) >= 11 is 0. The molecule has 2 nitrogen and oxygen atoms in total. The van der Waals surface area contributed by atoms with Crippen LogP contribution >= 0.6 is 0 Å². The molecule has 5 rings (SSSR count). The minimum Gasteiger partial charge on any atom is -0.313 e. The molecule has 4 aliphatic carbocycles. The maximum absolute atomic E-state index is 3.97. The molecule has 150 valence electrons. The first kappa shape index (κ1) is 18.4. The molecular formula is C25H40N2. The van der Waals surface area contributed by atoms with Gasteiger partial charge in [-0.25, -0.2) is 0 Å². The molecule has 1 aliphatic heterocycles. The summed E-state index contributed by atoms with van der Waals surface area (Å²) in [5.74, 6) is 5.43. The molecule has 2 heteroatoms. The monoisotopic (exact) mass is 368 g/mol. The van der Waals surface area contributed by atoms with E-state index in [-0.39, 0.29) is 0 Å². The van der Waals surface area contributed by atoms with Gasteiger partial charge in [0, 0.05) is 12.1 Å². The SMILES string of the molecule is C1=C/[C@@H]2[C@H]3CCCC[C@@H]3C[C@@H]2NCCCNC2C[C@H]3CCCC[C@@H]3[C@H]2/C=C/1. The largest absolute Gasteiger partial charge is 0.313 e. The van der Waals surface area contributed by atoms with Gasteiger partial charge in [0.15, 0.2) is 0 Å². The van der Waals surface area contributed by atoms with E-state index < -0.39 is 0 Å². The highest BCUT2D eigenvalue weighted by Crippen LogP contribution is 2.48. The second-order valence-electron chi connectivity index (χ2n) is 10.3. The van der Waals surface area contributed by atoms with Crippen molar-refractivity contribution < 1.29 is 0 Å². The van der Waals surface area contributed by atoms with Crippen molar-refractivity contribution in [2.75, 3.05) is 13.1 Å². The van der Waals surface area contributed by atoms with Crippen LogP contribution in [0.4, 0.5) is 0 Å². The average molecular weight is 369 g/mol. The Morgan fingerprint density at radius 1 is 0.556 bits per heavy atom. The average Bonchev–Trinajstić information content (AvgIpc) is 3.22. The van der Waals surface area contributed by atoms with Gasteiger partial charge < -0.3 is 10.6 Å². The number of nitrogens with one attached hydrogen (secondary N) is 2. The molecule has 0 saturated heterocycles. The first-order chi connectivity index (χ1) is 13.4. The normalized spacial score (nSPS) is 50.1.